The normalized spacial score (nSPS) is 16.7. The van der Waals surface area contributed by atoms with Crippen molar-refractivity contribution < 1.29 is 4.79 Å². The van der Waals surface area contributed by atoms with Crippen molar-refractivity contribution in [1.29, 1.82) is 0 Å². The van der Waals surface area contributed by atoms with E-state index in [1.54, 1.807) is 0 Å². The number of nitrogens with zero attached hydrogens (tertiary/aromatic N) is 2. The number of halogens is 1. The van der Waals surface area contributed by atoms with E-state index in [0.717, 1.165) is 56.0 Å². The number of hydrogen-bond acceptors (Lipinski definition) is 2. The van der Waals surface area contributed by atoms with Gasteiger partial charge in [-0.25, -0.2) is 0 Å². The quantitative estimate of drug-likeness (QED) is 0.665. The lowest BCUT2D eigenvalue weighted by atomic mass is 9.94. The molecule has 0 aliphatic carbocycles. The Morgan fingerprint density at radius 1 is 1.11 bits per heavy atom. The van der Waals surface area contributed by atoms with E-state index in [4.69, 9.17) is 11.6 Å². The SMILES string of the molecule is CC(C(=O)N(C)CC1CCN(CCc2ccc(Cl)cc2)CC1)c1ccccc1. The van der Waals surface area contributed by atoms with Crippen molar-refractivity contribution in [3.8, 4) is 0 Å². The van der Waals surface area contributed by atoms with Crippen molar-refractivity contribution in [2.24, 2.45) is 5.92 Å². The van der Waals surface area contributed by atoms with Crippen LogP contribution < -0.4 is 0 Å². The summed E-state index contributed by atoms with van der Waals surface area (Å²) in [6.07, 6.45) is 3.39. The van der Waals surface area contributed by atoms with Gasteiger partial charge in [0.1, 0.15) is 0 Å². The Balaban J connectivity index is 1.41. The molecule has 28 heavy (non-hydrogen) atoms. The number of carbonyl (C=O) groups is 1. The summed E-state index contributed by atoms with van der Waals surface area (Å²) in [5.41, 5.74) is 2.43. The van der Waals surface area contributed by atoms with Crippen LogP contribution in [-0.2, 0) is 11.2 Å². The van der Waals surface area contributed by atoms with Crippen LogP contribution in [-0.4, -0.2) is 48.9 Å². The van der Waals surface area contributed by atoms with Crippen molar-refractivity contribution >= 4 is 17.5 Å². The van der Waals surface area contributed by atoms with Crippen molar-refractivity contribution in [3.05, 3.63) is 70.7 Å². The summed E-state index contributed by atoms with van der Waals surface area (Å²) >= 11 is 5.96. The highest BCUT2D eigenvalue weighted by molar-refractivity contribution is 6.30. The molecule has 0 N–H and O–H groups in total. The van der Waals surface area contributed by atoms with E-state index in [0.29, 0.717) is 5.92 Å². The van der Waals surface area contributed by atoms with E-state index in [-0.39, 0.29) is 11.8 Å². The van der Waals surface area contributed by atoms with Gasteiger partial charge < -0.3 is 9.80 Å². The van der Waals surface area contributed by atoms with Gasteiger partial charge in [0.05, 0.1) is 5.92 Å². The third-order valence-corrected chi connectivity index (χ3v) is 6.17. The van der Waals surface area contributed by atoms with Gasteiger partial charge in [-0.3, -0.25) is 4.79 Å². The molecule has 1 amide bonds. The molecule has 0 saturated carbocycles. The molecule has 0 bridgehead atoms. The second kappa shape index (κ2) is 10.1. The van der Waals surface area contributed by atoms with Gasteiger partial charge in [-0.2, -0.15) is 0 Å². The molecule has 3 rings (SSSR count). The minimum absolute atomic E-state index is 0.0781. The Labute approximate surface area is 174 Å². The molecule has 1 heterocycles. The summed E-state index contributed by atoms with van der Waals surface area (Å²) in [6, 6.07) is 18.2. The van der Waals surface area contributed by atoms with E-state index in [2.05, 4.69) is 17.0 Å². The van der Waals surface area contributed by atoms with Crippen LogP contribution in [0.2, 0.25) is 5.02 Å². The lowest BCUT2D eigenvalue weighted by Gasteiger charge is -2.34. The molecule has 1 fully saturated rings. The summed E-state index contributed by atoms with van der Waals surface area (Å²) in [6.45, 7) is 6.20. The molecular weight excluding hydrogens is 368 g/mol. The summed E-state index contributed by atoms with van der Waals surface area (Å²) in [7, 11) is 1.95. The number of amides is 1. The first kappa shape index (κ1) is 20.9. The Bertz CT molecular complexity index is 739. The number of rotatable bonds is 7. The van der Waals surface area contributed by atoms with Crippen molar-refractivity contribution in [2.75, 3.05) is 33.2 Å². The number of carbonyl (C=O) groups excluding carboxylic acids is 1. The van der Waals surface area contributed by atoms with Crippen LogP contribution in [0.25, 0.3) is 0 Å². The highest BCUT2D eigenvalue weighted by Gasteiger charge is 2.24. The number of likely N-dealkylation sites (tertiary alicyclic amines) is 1. The molecule has 0 spiro atoms. The molecule has 3 nitrogen and oxygen atoms in total. The van der Waals surface area contributed by atoms with Crippen LogP contribution in [0.5, 0.6) is 0 Å². The summed E-state index contributed by atoms with van der Waals surface area (Å²) < 4.78 is 0. The van der Waals surface area contributed by atoms with Crippen LogP contribution in [0, 0.1) is 5.92 Å². The van der Waals surface area contributed by atoms with Gasteiger partial charge in [-0.05, 0) is 68.5 Å². The topological polar surface area (TPSA) is 23.6 Å². The fraction of sp³-hybridized carbons (Fsp3) is 0.458. The number of likely N-dealkylation sites (N-methyl/N-ethyl adjacent to an activating group) is 1. The molecule has 4 heteroatoms. The molecule has 1 atom stereocenters. The van der Waals surface area contributed by atoms with Gasteiger partial charge >= 0.3 is 0 Å². The van der Waals surface area contributed by atoms with Crippen molar-refractivity contribution in [2.45, 2.75) is 32.1 Å². The average molecular weight is 399 g/mol. The maximum Gasteiger partial charge on any atom is 0.229 e. The van der Waals surface area contributed by atoms with Gasteiger partial charge in [0.2, 0.25) is 5.91 Å². The van der Waals surface area contributed by atoms with E-state index in [1.807, 2.05) is 61.3 Å². The second-order valence-electron chi connectivity index (χ2n) is 8.01. The van der Waals surface area contributed by atoms with Gasteiger partial charge in [-0.1, -0.05) is 54.1 Å². The van der Waals surface area contributed by atoms with Crippen molar-refractivity contribution in [3.63, 3.8) is 0 Å². The number of piperidine rings is 1. The van der Waals surface area contributed by atoms with E-state index in [9.17, 15) is 4.79 Å². The average Bonchev–Trinajstić information content (AvgIpc) is 2.74. The molecule has 1 aliphatic rings. The lowest BCUT2D eigenvalue weighted by Crippen LogP contribution is -2.41. The van der Waals surface area contributed by atoms with Crippen LogP contribution in [0.4, 0.5) is 0 Å². The van der Waals surface area contributed by atoms with E-state index in [1.165, 1.54) is 5.56 Å². The largest absolute Gasteiger partial charge is 0.345 e. The fourth-order valence-electron chi connectivity index (χ4n) is 4.02. The standard InChI is InChI=1S/C24H31ClN2O/c1-19(22-6-4-3-5-7-22)24(28)26(2)18-21-13-16-27(17-14-21)15-12-20-8-10-23(25)11-9-20/h3-11,19,21H,12-18H2,1-2H3. The first-order valence-electron chi connectivity index (χ1n) is 10.3. The highest BCUT2D eigenvalue weighted by atomic mass is 35.5. The highest BCUT2D eigenvalue weighted by Crippen LogP contribution is 2.22. The predicted octanol–water partition coefficient (Wildman–Crippen LogP) is 4.86. The van der Waals surface area contributed by atoms with Gasteiger partial charge in [0.25, 0.3) is 0 Å². The monoisotopic (exact) mass is 398 g/mol. The smallest absolute Gasteiger partial charge is 0.229 e. The van der Waals surface area contributed by atoms with Gasteiger partial charge in [0.15, 0.2) is 0 Å². The fourth-order valence-corrected chi connectivity index (χ4v) is 4.15. The zero-order valence-corrected chi connectivity index (χ0v) is 17.7. The molecule has 1 unspecified atom stereocenters. The molecule has 0 radical (unpaired) electrons. The molecule has 2 aromatic rings. The Hall–Kier alpha value is -1.84. The van der Waals surface area contributed by atoms with Gasteiger partial charge in [0, 0.05) is 25.2 Å². The van der Waals surface area contributed by atoms with E-state index < -0.39 is 0 Å². The molecule has 1 saturated heterocycles. The Morgan fingerprint density at radius 2 is 1.75 bits per heavy atom. The first-order chi connectivity index (χ1) is 13.5. The summed E-state index contributed by atoms with van der Waals surface area (Å²) in [4.78, 5) is 17.2. The zero-order chi connectivity index (χ0) is 19.9. The van der Waals surface area contributed by atoms with Crippen LogP contribution in [0.3, 0.4) is 0 Å². The van der Waals surface area contributed by atoms with Crippen molar-refractivity contribution in [1.82, 2.24) is 9.80 Å². The van der Waals surface area contributed by atoms with Crippen LogP contribution in [0.1, 0.15) is 36.8 Å². The maximum absolute atomic E-state index is 12.8. The summed E-state index contributed by atoms with van der Waals surface area (Å²) in [5, 5.41) is 0.796. The first-order valence-corrected chi connectivity index (χ1v) is 10.7. The Morgan fingerprint density at radius 3 is 2.39 bits per heavy atom. The summed E-state index contributed by atoms with van der Waals surface area (Å²) in [5.74, 6) is 0.741. The minimum atomic E-state index is -0.0781. The predicted molar refractivity (Wildman–Crippen MR) is 117 cm³/mol. The maximum atomic E-state index is 12.8. The molecule has 150 valence electrons. The number of benzene rings is 2. The zero-order valence-electron chi connectivity index (χ0n) is 17.0. The van der Waals surface area contributed by atoms with E-state index >= 15 is 0 Å². The number of hydrogen-bond donors (Lipinski definition) is 0. The van der Waals surface area contributed by atoms with Crippen LogP contribution >= 0.6 is 11.6 Å². The molecule has 1 aliphatic heterocycles. The van der Waals surface area contributed by atoms with Gasteiger partial charge in [-0.15, -0.1) is 0 Å². The third kappa shape index (κ3) is 5.83. The molecule has 2 aromatic carbocycles. The Kier molecular flexibility index (Phi) is 7.52. The third-order valence-electron chi connectivity index (χ3n) is 5.92. The molecule has 0 aromatic heterocycles. The second-order valence-corrected chi connectivity index (χ2v) is 8.45. The van der Waals surface area contributed by atoms with Crippen LogP contribution in [0.15, 0.2) is 54.6 Å². The molecular formula is C24H31ClN2O. The lowest BCUT2D eigenvalue weighted by molar-refractivity contribution is -0.131. The minimum Gasteiger partial charge on any atom is -0.345 e.